The molecule has 0 aliphatic heterocycles. The van der Waals surface area contributed by atoms with E-state index in [1.54, 1.807) is 0 Å². The highest BCUT2D eigenvalue weighted by molar-refractivity contribution is 5.88. The second-order valence-corrected chi connectivity index (χ2v) is 4.58. The van der Waals surface area contributed by atoms with E-state index < -0.39 is 0 Å². The van der Waals surface area contributed by atoms with Crippen molar-refractivity contribution in [2.45, 2.75) is 32.2 Å². The second kappa shape index (κ2) is 3.11. The van der Waals surface area contributed by atoms with Gasteiger partial charge in [0, 0.05) is 22.6 Å². The summed E-state index contributed by atoms with van der Waals surface area (Å²) in [6, 6.07) is 6.79. The van der Waals surface area contributed by atoms with E-state index in [0.717, 1.165) is 19.3 Å². The maximum absolute atomic E-state index is 6.04. The molecule has 3 N–H and O–H groups in total. The Morgan fingerprint density at radius 2 is 2.27 bits per heavy atom. The molecule has 3 rings (SSSR count). The monoisotopic (exact) mass is 200 g/mol. The summed E-state index contributed by atoms with van der Waals surface area (Å²) in [5, 5.41) is 1.41. The highest BCUT2D eigenvalue weighted by Crippen LogP contribution is 2.30. The van der Waals surface area contributed by atoms with E-state index in [1.807, 2.05) is 0 Å². The Bertz CT molecular complexity index is 510. The van der Waals surface area contributed by atoms with Gasteiger partial charge in [-0.15, -0.1) is 0 Å². The Hall–Kier alpha value is -1.28. The molecule has 0 amide bonds. The molecule has 1 aliphatic carbocycles. The molecule has 0 saturated heterocycles. The Morgan fingerprint density at radius 1 is 1.40 bits per heavy atom. The SMILES string of the molecule is Cc1cccc2[nH]c3c(c12)CC(N)CC3. The number of aryl methyl sites for hydroxylation is 2. The molecule has 2 nitrogen and oxygen atoms in total. The van der Waals surface area contributed by atoms with Gasteiger partial charge in [-0.25, -0.2) is 0 Å². The van der Waals surface area contributed by atoms with Gasteiger partial charge in [0.15, 0.2) is 0 Å². The molecule has 2 heteroatoms. The van der Waals surface area contributed by atoms with Crippen LogP contribution in [0, 0.1) is 6.92 Å². The summed E-state index contributed by atoms with van der Waals surface area (Å²) < 4.78 is 0. The fraction of sp³-hybridized carbons (Fsp3) is 0.385. The molecule has 1 atom stereocenters. The number of nitrogens with two attached hydrogens (primary N) is 1. The number of aromatic amines is 1. The van der Waals surface area contributed by atoms with Crippen molar-refractivity contribution in [2.24, 2.45) is 5.73 Å². The standard InChI is InChI=1S/C13H16N2/c1-8-3-2-4-12-13(8)10-7-9(14)5-6-11(10)15-12/h2-4,9,15H,5-7,14H2,1H3. The molecule has 1 heterocycles. The number of hydrogen-bond donors (Lipinski definition) is 2. The molecular weight excluding hydrogens is 184 g/mol. The van der Waals surface area contributed by atoms with Gasteiger partial charge in [0.1, 0.15) is 0 Å². The van der Waals surface area contributed by atoms with Crippen molar-refractivity contribution < 1.29 is 0 Å². The van der Waals surface area contributed by atoms with Crippen LogP contribution in [0.15, 0.2) is 18.2 Å². The number of rotatable bonds is 0. The zero-order chi connectivity index (χ0) is 10.4. The molecule has 0 spiro atoms. The molecule has 1 aromatic heterocycles. The third-order valence-corrected chi connectivity index (χ3v) is 3.46. The first-order valence-electron chi connectivity index (χ1n) is 5.60. The van der Waals surface area contributed by atoms with Crippen molar-refractivity contribution in [1.29, 1.82) is 0 Å². The van der Waals surface area contributed by atoms with E-state index in [-0.39, 0.29) is 0 Å². The summed E-state index contributed by atoms with van der Waals surface area (Å²) in [5.41, 5.74) is 11.5. The van der Waals surface area contributed by atoms with Crippen LogP contribution in [-0.4, -0.2) is 11.0 Å². The molecule has 1 unspecified atom stereocenters. The molecule has 1 aromatic carbocycles. The van der Waals surface area contributed by atoms with Crippen LogP contribution in [0.3, 0.4) is 0 Å². The van der Waals surface area contributed by atoms with Gasteiger partial charge in [-0.05, 0) is 43.4 Å². The van der Waals surface area contributed by atoms with Gasteiger partial charge in [0.2, 0.25) is 0 Å². The number of nitrogens with one attached hydrogen (secondary N) is 1. The first-order valence-corrected chi connectivity index (χ1v) is 5.60. The van der Waals surface area contributed by atoms with E-state index in [0.29, 0.717) is 6.04 Å². The zero-order valence-electron chi connectivity index (χ0n) is 9.01. The fourth-order valence-electron chi connectivity index (χ4n) is 2.69. The minimum Gasteiger partial charge on any atom is -0.358 e. The average molecular weight is 200 g/mol. The molecule has 2 aromatic rings. The average Bonchev–Trinajstić information content (AvgIpc) is 2.57. The quantitative estimate of drug-likeness (QED) is 0.673. The molecule has 78 valence electrons. The first-order chi connectivity index (χ1) is 7.25. The maximum Gasteiger partial charge on any atom is 0.0461 e. The van der Waals surface area contributed by atoms with Crippen molar-refractivity contribution in [2.75, 3.05) is 0 Å². The van der Waals surface area contributed by atoms with Gasteiger partial charge in [-0.3, -0.25) is 0 Å². The highest BCUT2D eigenvalue weighted by atomic mass is 14.7. The Balaban J connectivity index is 2.30. The lowest BCUT2D eigenvalue weighted by Crippen LogP contribution is -2.27. The van der Waals surface area contributed by atoms with Gasteiger partial charge in [-0.1, -0.05) is 12.1 Å². The third kappa shape index (κ3) is 1.29. The molecule has 1 aliphatic rings. The number of fused-ring (bicyclic) bond motifs is 3. The van der Waals surface area contributed by atoms with Crippen LogP contribution < -0.4 is 5.73 Å². The summed E-state index contributed by atoms with van der Waals surface area (Å²) in [6.07, 6.45) is 3.24. The first kappa shape index (κ1) is 8.98. The fourth-order valence-corrected chi connectivity index (χ4v) is 2.69. The zero-order valence-corrected chi connectivity index (χ0v) is 9.01. The van der Waals surface area contributed by atoms with Gasteiger partial charge >= 0.3 is 0 Å². The molecule has 0 radical (unpaired) electrons. The summed E-state index contributed by atoms with van der Waals surface area (Å²) in [7, 11) is 0. The summed E-state index contributed by atoms with van der Waals surface area (Å²) in [5.74, 6) is 0. The predicted molar refractivity (Wildman–Crippen MR) is 63.0 cm³/mol. The Morgan fingerprint density at radius 3 is 3.13 bits per heavy atom. The lowest BCUT2D eigenvalue weighted by Gasteiger charge is -2.18. The van der Waals surface area contributed by atoms with Crippen molar-refractivity contribution >= 4 is 10.9 Å². The smallest absolute Gasteiger partial charge is 0.0461 e. The summed E-state index contributed by atoms with van der Waals surface area (Å²) in [4.78, 5) is 3.52. The molecular formula is C13H16N2. The van der Waals surface area contributed by atoms with Crippen molar-refractivity contribution in [1.82, 2.24) is 4.98 Å². The second-order valence-electron chi connectivity index (χ2n) is 4.58. The minimum atomic E-state index is 0.344. The summed E-state index contributed by atoms with van der Waals surface area (Å²) >= 11 is 0. The van der Waals surface area contributed by atoms with Crippen LogP contribution in [-0.2, 0) is 12.8 Å². The number of aromatic nitrogens is 1. The third-order valence-electron chi connectivity index (χ3n) is 3.46. The van der Waals surface area contributed by atoms with Gasteiger partial charge < -0.3 is 10.7 Å². The predicted octanol–water partition coefficient (Wildman–Crippen LogP) is 2.29. The number of H-pyrrole nitrogens is 1. The van der Waals surface area contributed by atoms with Crippen molar-refractivity contribution in [3.05, 3.63) is 35.0 Å². The molecule has 0 saturated carbocycles. The number of benzene rings is 1. The van der Waals surface area contributed by atoms with Crippen LogP contribution in [0.2, 0.25) is 0 Å². The van der Waals surface area contributed by atoms with Gasteiger partial charge in [-0.2, -0.15) is 0 Å². The van der Waals surface area contributed by atoms with E-state index in [4.69, 9.17) is 5.73 Å². The Labute approximate surface area is 89.5 Å². The highest BCUT2D eigenvalue weighted by Gasteiger charge is 2.20. The van der Waals surface area contributed by atoms with Crippen molar-refractivity contribution in [3.63, 3.8) is 0 Å². The Kier molecular flexibility index (Phi) is 1.86. The van der Waals surface area contributed by atoms with Crippen LogP contribution >= 0.6 is 0 Å². The van der Waals surface area contributed by atoms with E-state index in [1.165, 1.54) is 27.7 Å². The topological polar surface area (TPSA) is 41.8 Å². The van der Waals surface area contributed by atoms with Crippen LogP contribution in [0.5, 0.6) is 0 Å². The minimum absolute atomic E-state index is 0.344. The van der Waals surface area contributed by atoms with Gasteiger partial charge in [0.25, 0.3) is 0 Å². The number of hydrogen-bond acceptors (Lipinski definition) is 1. The molecule has 0 bridgehead atoms. The van der Waals surface area contributed by atoms with Crippen LogP contribution in [0.1, 0.15) is 23.2 Å². The van der Waals surface area contributed by atoms with Crippen LogP contribution in [0.25, 0.3) is 10.9 Å². The lowest BCUT2D eigenvalue weighted by molar-refractivity contribution is 0.574. The van der Waals surface area contributed by atoms with E-state index in [9.17, 15) is 0 Å². The normalized spacial score (nSPS) is 20.5. The van der Waals surface area contributed by atoms with Crippen LogP contribution in [0.4, 0.5) is 0 Å². The lowest BCUT2D eigenvalue weighted by atomic mass is 9.91. The van der Waals surface area contributed by atoms with Gasteiger partial charge in [0.05, 0.1) is 0 Å². The largest absolute Gasteiger partial charge is 0.358 e. The van der Waals surface area contributed by atoms with E-state index in [2.05, 4.69) is 30.1 Å². The summed E-state index contributed by atoms with van der Waals surface area (Å²) in [6.45, 7) is 2.18. The van der Waals surface area contributed by atoms with E-state index >= 15 is 0 Å². The maximum atomic E-state index is 6.04. The van der Waals surface area contributed by atoms with Crippen molar-refractivity contribution in [3.8, 4) is 0 Å². The molecule has 0 fully saturated rings. The molecule has 15 heavy (non-hydrogen) atoms.